The molecule has 2 aromatic carbocycles. The van der Waals surface area contributed by atoms with E-state index in [1.165, 1.54) is 9.87 Å². The lowest BCUT2D eigenvalue weighted by atomic mass is 10.1. The number of likely N-dealkylation sites (N-methyl/N-ethyl adjacent to an activating group) is 1. The molecule has 6 nitrogen and oxygen atoms in total. The van der Waals surface area contributed by atoms with Crippen molar-refractivity contribution in [2.24, 2.45) is 0 Å². The number of hydrogen-bond donors (Lipinski definition) is 0. The molecule has 7 heteroatoms. The molecule has 0 saturated carbocycles. The minimum absolute atomic E-state index is 0.00589. The minimum Gasteiger partial charge on any atom is -0.339 e. The van der Waals surface area contributed by atoms with Gasteiger partial charge in [-0.2, -0.15) is 4.31 Å². The topological polar surface area (TPSA) is 60.9 Å². The van der Waals surface area contributed by atoms with Gasteiger partial charge in [0, 0.05) is 26.2 Å². The first-order valence-corrected chi connectivity index (χ1v) is 12.1. The van der Waals surface area contributed by atoms with E-state index in [-0.39, 0.29) is 11.7 Å². The Labute approximate surface area is 180 Å². The first-order chi connectivity index (χ1) is 14.4. The van der Waals surface area contributed by atoms with Crippen LogP contribution in [0.15, 0.2) is 60.7 Å². The first-order valence-electron chi connectivity index (χ1n) is 10.5. The summed E-state index contributed by atoms with van der Waals surface area (Å²) >= 11 is 0. The molecule has 30 heavy (non-hydrogen) atoms. The Bertz CT molecular complexity index is 896. The summed E-state index contributed by atoms with van der Waals surface area (Å²) in [6.07, 6.45) is 2.00. The molecule has 0 bridgehead atoms. The molecule has 0 spiro atoms. The summed E-state index contributed by atoms with van der Waals surface area (Å²) in [6.45, 7) is 2.84. The van der Waals surface area contributed by atoms with E-state index in [0.29, 0.717) is 32.7 Å². The average molecular weight is 430 g/mol. The molecule has 0 atom stereocenters. The van der Waals surface area contributed by atoms with Crippen LogP contribution in [-0.2, 0) is 27.0 Å². The molecule has 162 valence electrons. The molecule has 1 saturated heterocycles. The fourth-order valence-electron chi connectivity index (χ4n) is 3.70. The van der Waals surface area contributed by atoms with Crippen LogP contribution in [0, 0.1) is 0 Å². The predicted octanol–water partition coefficient (Wildman–Crippen LogP) is 2.23. The van der Waals surface area contributed by atoms with Crippen LogP contribution in [0.25, 0.3) is 0 Å². The molecular formula is C23H31N3O3S. The molecule has 0 radical (unpaired) electrons. The standard InChI is InChI=1S/C23H31N3O3S/c1-24(14-8-13-21-9-4-2-5-10-21)19-23(27)25-15-17-26(18-16-25)30(28,29)20-22-11-6-3-7-12-22/h2-7,9-12H,8,13-20H2,1H3. The number of carbonyl (C=O) groups excluding carboxylic acids is 1. The van der Waals surface area contributed by atoms with Gasteiger partial charge < -0.3 is 4.90 Å². The van der Waals surface area contributed by atoms with Crippen LogP contribution < -0.4 is 0 Å². The Morgan fingerprint density at radius 1 is 0.900 bits per heavy atom. The van der Waals surface area contributed by atoms with Crippen molar-refractivity contribution < 1.29 is 13.2 Å². The van der Waals surface area contributed by atoms with Crippen molar-refractivity contribution >= 4 is 15.9 Å². The van der Waals surface area contributed by atoms with Crippen molar-refractivity contribution in [1.29, 1.82) is 0 Å². The van der Waals surface area contributed by atoms with Gasteiger partial charge in [0.15, 0.2) is 0 Å². The molecule has 1 amide bonds. The van der Waals surface area contributed by atoms with Gasteiger partial charge in [-0.3, -0.25) is 9.69 Å². The summed E-state index contributed by atoms with van der Waals surface area (Å²) in [5.41, 5.74) is 2.10. The number of rotatable bonds is 9. The lowest BCUT2D eigenvalue weighted by molar-refractivity contribution is -0.133. The van der Waals surface area contributed by atoms with Gasteiger partial charge in [-0.25, -0.2) is 8.42 Å². The third kappa shape index (κ3) is 6.65. The number of nitrogens with zero attached hydrogens (tertiary/aromatic N) is 3. The lowest BCUT2D eigenvalue weighted by Crippen LogP contribution is -2.52. The van der Waals surface area contributed by atoms with Crippen molar-refractivity contribution in [3.8, 4) is 0 Å². The zero-order valence-corrected chi connectivity index (χ0v) is 18.4. The van der Waals surface area contributed by atoms with E-state index in [4.69, 9.17) is 0 Å². The van der Waals surface area contributed by atoms with Gasteiger partial charge in [0.05, 0.1) is 12.3 Å². The summed E-state index contributed by atoms with van der Waals surface area (Å²) < 4.78 is 26.8. The second-order valence-electron chi connectivity index (χ2n) is 7.85. The Morgan fingerprint density at radius 2 is 1.47 bits per heavy atom. The van der Waals surface area contributed by atoms with Crippen molar-refractivity contribution in [1.82, 2.24) is 14.1 Å². The minimum atomic E-state index is -3.36. The van der Waals surface area contributed by atoms with Crippen LogP contribution in [0.1, 0.15) is 17.5 Å². The van der Waals surface area contributed by atoms with Gasteiger partial charge >= 0.3 is 0 Å². The maximum atomic E-state index is 12.7. The highest BCUT2D eigenvalue weighted by Gasteiger charge is 2.29. The fraction of sp³-hybridized carbons (Fsp3) is 0.435. The highest BCUT2D eigenvalue weighted by Crippen LogP contribution is 2.14. The lowest BCUT2D eigenvalue weighted by Gasteiger charge is -2.34. The zero-order chi connectivity index (χ0) is 21.4. The fourth-order valence-corrected chi connectivity index (χ4v) is 5.22. The predicted molar refractivity (Wildman–Crippen MR) is 119 cm³/mol. The summed E-state index contributed by atoms with van der Waals surface area (Å²) in [5.74, 6) is 0.0729. The van der Waals surface area contributed by atoms with Crippen molar-refractivity contribution in [2.75, 3.05) is 46.3 Å². The Balaban J connectivity index is 1.40. The van der Waals surface area contributed by atoms with Crippen molar-refractivity contribution in [2.45, 2.75) is 18.6 Å². The van der Waals surface area contributed by atoms with Gasteiger partial charge in [0.1, 0.15) is 0 Å². The van der Waals surface area contributed by atoms with Crippen LogP contribution in [0.5, 0.6) is 0 Å². The van der Waals surface area contributed by atoms with E-state index in [1.54, 1.807) is 4.90 Å². The van der Waals surface area contributed by atoms with Gasteiger partial charge in [0.25, 0.3) is 0 Å². The van der Waals surface area contributed by atoms with Gasteiger partial charge in [-0.15, -0.1) is 0 Å². The van der Waals surface area contributed by atoms with Crippen LogP contribution in [0.4, 0.5) is 0 Å². The second kappa shape index (κ2) is 10.7. The van der Waals surface area contributed by atoms with E-state index in [0.717, 1.165) is 24.9 Å². The molecule has 1 aliphatic rings. The van der Waals surface area contributed by atoms with Crippen molar-refractivity contribution in [3.63, 3.8) is 0 Å². The molecule has 0 N–H and O–H groups in total. The first kappa shape index (κ1) is 22.5. The van der Waals surface area contributed by atoms with E-state index in [1.807, 2.05) is 60.5 Å². The second-order valence-corrected chi connectivity index (χ2v) is 9.82. The molecule has 0 unspecified atom stereocenters. The monoisotopic (exact) mass is 429 g/mol. The Morgan fingerprint density at radius 3 is 2.07 bits per heavy atom. The van der Waals surface area contributed by atoms with Crippen LogP contribution in [0.3, 0.4) is 0 Å². The molecule has 0 aromatic heterocycles. The molecule has 1 heterocycles. The van der Waals surface area contributed by atoms with E-state index in [2.05, 4.69) is 12.1 Å². The smallest absolute Gasteiger partial charge is 0.236 e. The maximum absolute atomic E-state index is 12.7. The van der Waals surface area contributed by atoms with Crippen LogP contribution >= 0.6 is 0 Å². The highest BCUT2D eigenvalue weighted by atomic mass is 32.2. The Hall–Kier alpha value is -2.22. The largest absolute Gasteiger partial charge is 0.339 e. The van der Waals surface area contributed by atoms with E-state index < -0.39 is 10.0 Å². The number of piperazine rings is 1. The number of carbonyl (C=O) groups is 1. The summed E-state index contributed by atoms with van der Waals surface area (Å²) in [7, 11) is -1.40. The normalized spacial score (nSPS) is 15.5. The quantitative estimate of drug-likeness (QED) is 0.613. The zero-order valence-electron chi connectivity index (χ0n) is 17.6. The molecule has 2 aromatic rings. The van der Waals surface area contributed by atoms with Crippen LogP contribution in [0.2, 0.25) is 0 Å². The molecule has 1 fully saturated rings. The van der Waals surface area contributed by atoms with Crippen molar-refractivity contribution in [3.05, 3.63) is 71.8 Å². The number of aryl methyl sites for hydroxylation is 1. The molecule has 0 aliphatic carbocycles. The van der Waals surface area contributed by atoms with Crippen LogP contribution in [-0.4, -0.2) is 74.7 Å². The van der Waals surface area contributed by atoms with Gasteiger partial charge in [-0.05, 0) is 37.6 Å². The molecular weight excluding hydrogens is 398 g/mol. The Kier molecular flexibility index (Phi) is 8.01. The third-order valence-corrected chi connectivity index (χ3v) is 7.28. The maximum Gasteiger partial charge on any atom is 0.236 e. The third-order valence-electron chi connectivity index (χ3n) is 5.43. The number of hydrogen-bond acceptors (Lipinski definition) is 4. The number of benzene rings is 2. The molecule has 1 aliphatic heterocycles. The van der Waals surface area contributed by atoms with Gasteiger partial charge in [-0.1, -0.05) is 60.7 Å². The summed E-state index contributed by atoms with van der Waals surface area (Å²) in [4.78, 5) is 16.4. The number of sulfonamides is 1. The van der Waals surface area contributed by atoms with E-state index >= 15 is 0 Å². The van der Waals surface area contributed by atoms with Gasteiger partial charge in [0.2, 0.25) is 15.9 Å². The van der Waals surface area contributed by atoms with E-state index in [9.17, 15) is 13.2 Å². The molecule has 3 rings (SSSR count). The summed E-state index contributed by atoms with van der Waals surface area (Å²) in [6, 6.07) is 19.6. The average Bonchev–Trinajstić information content (AvgIpc) is 2.75. The summed E-state index contributed by atoms with van der Waals surface area (Å²) in [5, 5.41) is 0. The highest BCUT2D eigenvalue weighted by molar-refractivity contribution is 7.88. The number of amides is 1. The SMILES string of the molecule is CN(CCCc1ccccc1)CC(=O)N1CCN(S(=O)(=O)Cc2ccccc2)CC1.